The molecule has 0 unspecified atom stereocenters. The zero-order chi connectivity index (χ0) is 20.8. The molecule has 0 saturated carbocycles. The van der Waals surface area contributed by atoms with Gasteiger partial charge in [-0.05, 0) is 49.8 Å². The average Bonchev–Trinajstić information content (AvgIpc) is 2.95. The van der Waals surface area contributed by atoms with Gasteiger partial charge in [0.15, 0.2) is 0 Å². The Morgan fingerprint density at radius 2 is 1.79 bits per heavy atom. The first-order valence-corrected chi connectivity index (χ1v) is 9.74. The van der Waals surface area contributed by atoms with Gasteiger partial charge in [-0.15, -0.1) is 0 Å². The highest BCUT2D eigenvalue weighted by Crippen LogP contribution is 2.22. The fourth-order valence-electron chi connectivity index (χ4n) is 3.42. The van der Waals surface area contributed by atoms with Crippen LogP contribution in [0, 0.1) is 0 Å². The van der Waals surface area contributed by atoms with E-state index in [0.29, 0.717) is 17.1 Å². The Balaban J connectivity index is 1.51. The number of rotatable bonds is 8. The second-order valence-corrected chi connectivity index (χ2v) is 7.11. The first-order valence-electron chi connectivity index (χ1n) is 9.74. The number of ether oxygens (including phenoxy) is 1. The first kappa shape index (κ1) is 20.6. The average molecular weight is 399 g/mol. The summed E-state index contributed by atoms with van der Waals surface area (Å²) in [5.74, 6) is -1.62. The fraction of sp³-hybridized carbons (Fsp3) is 0.429. The van der Waals surface area contributed by atoms with Gasteiger partial charge in [0.25, 0.3) is 0 Å². The number of imide groups is 2. The minimum atomic E-state index is -0.952. The SMILES string of the molecule is COc1ccc(CNC(=O)CN2C(=O)C(=O)N(CCC3=CCCCC3)C2=O)cc1. The second-order valence-electron chi connectivity index (χ2n) is 7.11. The number of benzene rings is 1. The molecule has 1 N–H and O–H groups in total. The van der Waals surface area contributed by atoms with Crippen LogP contribution in [0.15, 0.2) is 35.9 Å². The van der Waals surface area contributed by atoms with Gasteiger partial charge in [0.1, 0.15) is 12.3 Å². The molecule has 5 amide bonds. The van der Waals surface area contributed by atoms with Crippen molar-refractivity contribution in [1.82, 2.24) is 15.1 Å². The molecular weight excluding hydrogens is 374 g/mol. The van der Waals surface area contributed by atoms with E-state index in [0.717, 1.165) is 36.1 Å². The number of carbonyl (C=O) groups excluding carboxylic acids is 4. The third-order valence-corrected chi connectivity index (χ3v) is 5.13. The van der Waals surface area contributed by atoms with Crippen LogP contribution < -0.4 is 10.1 Å². The molecule has 29 heavy (non-hydrogen) atoms. The van der Waals surface area contributed by atoms with Gasteiger partial charge in [-0.2, -0.15) is 0 Å². The molecule has 1 fully saturated rings. The third kappa shape index (κ3) is 5.01. The summed E-state index contributed by atoms with van der Waals surface area (Å²) < 4.78 is 5.08. The Morgan fingerprint density at radius 1 is 1.07 bits per heavy atom. The highest BCUT2D eigenvalue weighted by atomic mass is 16.5. The molecule has 0 aromatic heterocycles. The van der Waals surface area contributed by atoms with Gasteiger partial charge < -0.3 is 10.1 Å². The number of methoxy groups -OCH3 is 1. The van der Waals surface area contributed by atoms with Gasteiger partial charge in [-0.3, -0.25) is 19.3 Å². The molecule has 0 bridgehead atoms. The Morgan fingerprint density at radius 3 is 2.45 bits per heavy atom. The molecule has 1 aliphatic heterocycles. The van der Waals surface area contributed by atoms with E-state index in [4.69, 9.17) is 4.74 Å². The monoisotopic (exact) mass is 399 g/mol. The van der Waals surface area contributed by atoms with Gasteiger partial charge >= 0.3 is 17.8 Å². The van der Waals surface area contributed by atoms with Gasteiger partial charge in [-0.1, -0.05) is 23.8 Å². The molecule has 0 radical (unpaired) electrons. The molecule has 1 aromatic carbocycles. The summed E-state index contributed by atoms with van der Waals surface area (Å²) in [6, 6.07) is 6.42. The van der Waals surface area contributed by atoms with E-state index < -0.39 is 30.3 Å². The maximum Gasteiger partial charge on any atom is 0.334 e. The molecule has 1 heterocycles. The van der Waals surface area contributed by atoms with Crippen LogP contribution in [0.2, 0.25) is 0 Å². The molecule has 8 nitrogen and oxygen atoms in total. The molecule has 1 aromatic rings. The third-order valence-electron chi connectivity index (χ3n) is 5.13. The van der Waals surface area contributed by atoms with Crippen LogP contribution in [-0.4, -0.2) is 53.8 Å². The Bertz CT molecular complexity index is 831. The molecule has 1 saturated heterocycles. The molecular formula is C21H25N3O5. The van der Waals surface area contributed by atoms with E-state index in [-0.39, 0.29) is 13.1 Å². The fourth-order valence-corrected chi connectivity index (χ4v) is 3.42. The molecule has 0 atom stereocenters. The van der Waals surface area contributed by atoms with Gasteiger partial charge in [0.2, 0.25) is 5.91 Å². The lowest BCUT2D eigenvalue weighted by atomic mass is 9.97. The van der Waals surface area contributed by atoms with Crippen molar-refractivity contribution in [1.29, 1.82) is 0 Å². The lowest BCUT2D eigenvalue weighted by Crippen LogP contribution is -2.41. The lowest BCUT2D eigenvalue weighted by molar-refractivity contribution is -0.144. The number of urea groups is 1. The van der Waals surface area contributed by atoms with E-state index in [1.54, 1.807) is 31.4 Å². The Kier molecular flexibility index (Phi) is 6.64. The van der Waals surface area contributed by atoms with E-state index in [1.807, 2.05) is 0 Å². The number of allylic oxidation sites excluding steroid dienone is 1. The van der Waals surface area contributed by atoms with Crippen LogP contribution in [0.5, 0.6) is 5.75 Å². The normalized spacial score (nSPS) is 16.9. The summed E-state index contributed by atoms with van der Waals surface area (Å²) in [4.78, 5) is 50.6. The Labute approximate surface area is 169 Å². The van der Waals surface area contributed by atoms with Crippen molar-refractivity contribution in [3.63, 3.8) is 0 Å². The highest BCUT2D eigenvalue weighted by Gasteiger charge is 2.44. The first-order chi connectivity index (χ1) is 14.0. The summed E-state index contributed by atoms with van der Waals surface area (Å²) in [6.45, 7) is -0.0666. The standard InChI is InChI=1S/C21H25N3O5/c1-29-17-9-7-16(8-10-17)13-22-18(25)14-24-20(27)19(26)23(21(24)28)12-11-15-5-3-2-4-6-15/h5,7-10H,2-4,6,11-14H2,1H3,(H,22,25). The molecule has 154 valence electrons. The minimum Gasteiger partial charge on any atom is -0.497 e. The smallest absolute Gasteiger partial charge is 0.334 e. The van der Waals surface area contributed by atoms with Crippen molar-refractivity contribution in [3.8, 4) is 5.75 Å². The predicted molar refractivity (Wildman–Crippen MR) is 105 cm³/mol. The second kappa shape index (κ2) is 9.36. The van der Waals surface area contributed by atoms with Crippen LogP contribution in [0.1, 0.15) is 37.7 Å². The number of nitrogens with zero attached hydrogens (tertiary/aromatic N) is 2. The number of hydrogen-bond donors (Lipinski definition) is 1. The topological polar surface area (TPSA) is 96.0 Å². The van der Waals surface area contributed by atoms with Gasteiger partial charge in [0, 0.05) is 13.1 Å². The van der Waals surface area contributed by atoms with E-state index in [1.165, 1.54) is 5.57 Å². The van der Waals surface area contributed by atoms with Crippen molar-refractivity contribution >= 4 is 23.8 Å². The minimum absolute atomic E-state index is 0.166. The van der Waals surface area contributed by atoms with Crippen LogP contribution in [0.4, 0.5) is 4.79 Å². The van der Waals surface area contributed by atoms with Crippen LogP contribution in [0.25, 0.3) is 0 Å². The highest BCUT2D eigenvalue weighted by molar-refractivity contribution is 6.45. The molecule has 2 aliphatic rings. The number of carbonyl (C=O) groups is 4. The number of amides is 5. The summed E-state index contributed by atoms with van der Waals surface area (Å²) >= 11 is 0. The molecule has 1 aliphatic carbocycles. The van der Waals surface area contributed by atoms with Crippen LogP contribution in [0.3, 0.4) is 0 Å². The van der Waals surface area contributed by atoms with E-state index in [2.05, 4.69) is 11.4 Å². The maximum absolute atomic E-state index is 12.5. The van der Waals surface area contributed by atoms with E-state index in [9.17, 15) is 19.2 Å². The zero-order valence-electron chi connectivity index (χ0n) is 16.5. The quantitative estimate of drug-likeness (QED) is 0.410. The van der Waals surface area contributed by atoms with Gasteiger partial charge in [0.05, 0.1) is 7.11 Å². The van der Waals surface area contributed by atoms with Crippen LogP contribution >= 0.6 is 0 Å². The summed E-state index contributed by atoms with van der Waals surface area (Å²) in [6.07, 6.45) is 6.94. The molecule has 3 rings (SSSR count). The van der Waals surface area contributed by atoms with Gasteiger partial charge in [-0.25, -0.2) is 9.69 Å². The van der Waals surface area contributed by atoms with Crippen molar-refractivity contribution in [2.45, 2.75) is 38.6 Å². The zero-order valence-corrected chi connectivity index (χ0v) is 16.5. The van der Waals surface area contributed by atoms with Crippen LogP contribution in [-0.2, 0) is 20.9 Å². The predicted octanol–water partition coefficient (Wildman–Crippen LogP) is 1.99. The van der Waals surface area contributed by atoms with Crippen molar-refractivity contribution < 1.29 is 23.9 Å². The largest absolute Gasteiger partial charge is 0.497 e. The molecule has 8 heteroatoms. The Hall–Kier alpha value is -3.16. The summed E-state index contributed by atoms with van der Waals surface area (Å²) in [5, 5.41) is 2.65. The van der Waals surface area contributed by atoms with Crippen molar-refractivity contribution in [2.75, 3.05) is 20.2 Å². The van der Waals surface area contributed by atoms with Crippen molar-refractivity contribution in [3.05, 3.63) is 41.5 Å². The van der Waals surface area contributed by atoms with E-state index >= 15 is 0 Å². The lowest BCUT2D eigenvalue weighted by Gasteiger charge is -2.17. The number of hydrogen-bond acceptors (Lipinski definition) is 5. The van der Waals surface area contributed by atoms with Crippen molar-refractivity contribution in [2.24, 2.45) is 0 Å². The maximum atomic E-state index is 12.5. The summed E-state index contributed by atoms with van der Waals surface area (Å²) in [5.41, 5.74) is 2.05. The summed E-state index contributed by atoms with van der Waals surface area (Å²) in [7, 11) is 1.57. The number of nitrogens with one attached hydrogen (secondary N) is 1. The molecule has 0 spiro atoms.